The predicted molar refractivity (Wildman–Crippen MR) is 90.3 cm³/mol. The lowest BCUT2D eigenvalue weighted by molar-refractivity contribution is -0.142. The average Bonchev–Trinajstić information content (AvgIpc) is 3.32. The molecule has 1 aliphatic carbocycles. The summed E-state index contributed by atoms with van der Waals surface area (Å²) < 4.78 is 0. The second-order valence-corrected chi connectivity index (χ2v) is 6.66. The molecule has 0 radical (unpaired) electrons. The van der Waals surface area contributed by atoms with Gasteiger partial charge in [-0.25, -0.2) is 4.79 Å². The highest BCUT2D eigenvalue weighted by Crippen LogP contribution is 2.33. The number of rotatable bonds is 7. The first-order valence-electron chi connectivity index (χ1n) is 7.57. The van der Waals surface area contributed by atoms with Crippen LogP contribution in [0.2, 0.25) is 10.0 Å². The number of aliphatic carboxylic acids is 1. The number of carbonyl (C=O) groups excluding carboxylic acids is 2. The van der Waals surface area contributed by atoms with Crippen LogP contribution in [0.4, 0.5) is 0 Å². The number of nitrogens with one attached hydrogen (secondary N) is 2. The number of hydrogen-bond acceptors (Lipinski definition) is 3. The number of carbonyl (C=O) groups is 3. The maximum atomic E-state index is 12.2. The van der Waals surface area contributed by atoms with Gasteiger partial charge in [-0.15, -0.1) is 0 Å². The Morgan fingerprint density at radius 2 is 1.92 bits per heavy atom. The Balaban J connectivity index is 1.96. The van der Waals surface area contributed by atoms with Crippen LogP contribution in [0.25, 0.3) is 0 Å². The molecule has 0 saturated heterocycles. The third-order valence-corrected chi connectivity index (χ3v) is 4.64. The molecule has 0 aromatic heterocycles. The molecule has 2 rings (SSSR count). The number of amides is 2. The molecule has 3 N–H and O–H groups in total. The van der Waals surface area contributed by atoms with Crippen LogP contribution in [0.5, 0.6) is 0 Å². The maximum Gasteiger partial charge on any atom is 0.326 e. The standard InChI is InChI=1S/C16H18Cl2N2O4/c1-8(14(21)20-12(16(23)24)7-9-5-6-9)19-15(22)10-3-2-4-11(17)13(10)18/h2-4,8-9,12H,5-7H2,1H3,(H,19,22)(H,20,21)(H,23,24). The number of halogens is 2. The zero-order chi connectivity index (χ0) is 17.9. The zero-order valence-electron chi connectivity index (χ0n) is 13.0. The van der Waals surface area contributed by atoms with Crippen molar-refractivity contribution in [3.8, 4) is 0 Å². The minimum atomic E-state index is -1.08. The van der Waals surface area contributed by atoms with E-state index in [9.17, 15) is 19.5 Å². The number of carboxylic acid groups (broad SMARTS) is 1. The predicted octanol–water partition coefficient (Wildman–Crippen LogP) is 2.48. The fraction of sp³-hybridized carbons (Fsp3) is 0.438. The summed E-state index contributed by atoms with van der Waals surface area (Å²) in [6.45, 7) is 1.47. The first-order valence-corrected chi connectivity index (χ1v) is 8.33. The van der Waals surface area contributed by atoms with Crippen molar-refractivity contribution in [2.45, 2.75) is 38.3 Å². The maximum absolute atomic E-state index is 12.2. The van der Waals surface area contributed by atoms with Crippen LogP contribution >= 0.6 is 23.2 Å². The molecule has 0 heterocycles. The van der Waals surface area contributed by atoms with Crippen LogP contribution in [-0.4, -0.2) is 35.0 Å². The van der Waals surface area contributed by atoms with Gasteiger partial charge >= 0.3 is 5.97 Å². The molecule has 1 saturated carbocycles. The highest BCUT2D eigenvalue weighted by molar-refractivity contribution is 6.43. The highest BCUT2D eigenvalue weighted by Gasteiger charge is 2.31. The minimum absolute atomic E-state index is 0.0985. The van der Waals surface area contributed by atoms with Gasteiger partial charge in [0.15, 0.2) is 0 Å². The molecule has 2 unspecified atom stereocenters. The molecule has 1 fully saturated rings. The zero-order valence-corrected chi connectivity index (χ0v) is 14.5. The second-order valence-electron chi connectivity index (χ2n) is 5.88. The highest BCUT2D eigenvalue weighted by atomic mass is 35.5. The van der Waals surface area contributed by atoms with E-state index in [2.05, 4.69) is 10.6 Å². The van der Waals surface area contributed by atoms with E-state index in [1.807, 2.05) is 0 Å². The topological polar surface area (TPSA) is 95.5 Å². The van der Waals surface area contributed by atoms with E-state index in [-0.39, 0.29) is 15.6 Å². The molecule has 0 bridgehead atoms. The van der Waals surface area contributed by atoms with Crippen molar-refractivity contribution in [2.24, 2.45) is 5.92 Å². The van der Waals surface area contributed by atoms with E-state index in [1.165, 1.54) is 13.0 Å². The van der Waals surface area contributed by atoms with Crippen molar-refractivity contribution < 1.29 is 19.5 Å². The fourth-order valence-corrected chi connectivity index (χ4v) is 2.61. The lowest BCUT2D eigenvalue weighted by Gasteiger charge is -2.19. The third-order valence-electron chi connectivity index (χ3n) is 3.82. The molecule has 1 aliphatic rings. The summed E-state index contributed by atoms with van der Waals surface area (Å²) in [5.41, 5.74) is 0.150. The molecule has 0 spiro atoms. The molecule has 2 amide bonds. The van der Waals surface area contributed by atoms with Gasteiger partial charge in [0.05, 0.1) is 15.6 Å². The van der Waals surface area contributed by atoms with E-state index in [1.54, 1.807) is 12.1 Å². The van der Waals surface area contributed by atoms with Gasteiger partial charge in [-0.05, 0) is 31.4 Å². The van der Waals surface area contributed by atoms with Crippen LogP contribution in [0.1, 0.15) is 36.5 Å². The van der Waals surface area contributed by atoms with Gasteiger partial charge in [0.2, 0.25) is 5.91 Å². The summed E-state index contributed by atoms with van der Waals surface area (Å²) in [6, 6.07) is 2.75. The van der Waals surface area contributed by atoms with E-state index in [4.69, 9.17) is 23.2 Å². The van der Waals surface area contributed by atoms with Crippen molar-refractivity contribution in [1.82, 2.24) is 10.6 Å². The fourth-order valence-electron chi connectivity index (χ4n) is 2.22. The average molecular weight is 373 g/mol. The quantitative estimate of drug-likeness (QED) is 0.684. The first kappa shape index (κ1) is 18.5. The lowest BCUT2D eigenvalue weighted by atomic mass is 10.1. The number of hydrogen-bond donors (Lipinski definition) is 3. The Labute approximate surface area is 149 Å². The van der Waals surface area contributed by atoms with Gasteiger partial charge < -0.3 is 15.7 Å². The van der Waals surface area contributed by atoms with E-state index in [0.29, 0.717) is 12.3 Å². The number of carboxylic acids is 1. The van der Waals surface area contributed by atoms with E-state index < -0.39 is 29.9 Å². The van der Waals surface area contributed by atoms with Gasteiger partial charge in [0.1, 0.15) is 12.1 Å². The SMILES string of the molecule is CC(NC(=O)c1cccc(Cl)c1Cl)C(=O)NC(CC1CC1)C(=O)O. The Morgan fingerprint density at radius 1 is 1.25 bits per heavy atom. The number of benzene rings is 1. The van der Waals surface area contributed by atoms with Crippen molar-refractivity contribution in [1.29, 1.82) is 0 Å². The van der Waals surface area contributed by atoms with E-state index >= 15 is 0 Å². The van der Waals surface area contributed by atoms with Crippen LogP contribution in [-0.2, 0) is 9.59 Å². The molecular formula is C16H18Cl2N2O4. The van der Waals surface area contributed by atoms with Gasteiger partial charge in [-0.2, -0.15) is 0 Å². The molecular weight excluding hydrogens is 355 g/mol. The minimum Gasteiger partial charge on any atom is -0.480 e. The smallest absolute Gasteiger partial charge is 0.326 e. The van der Waals surface area contributed by atoms with Crippen LogP contribution < -0.4 is 10.6 Å². The molecule has 8 heteroatoms. The third kappa shape index (κ3) is 4.85. The van der Waals surface area contributed by atoms with Gasteiger partial charge in [0.25, 0.3) is 5.91 Å². The molecule has 2 atom stereocenters. The lowest BCUT2D eigenvalue weighted by Crippen LogP contribution is -2.50. The van der Waals surface area contributed by atoms with Gasteiger partial charge in [0, 0.05) is 0 Å². The van der Waals surface area contributed by atoms with Crippen molar-refractivity contribution in [3.63, 3.8) is 0 Å². The molecule has 130 valence electrons. The van der Waals surface area contributed by atoms with Gasteiger partial charge in [-0.1, -0.05) is 42.1 Å². The largest absolute Gasteiger partial charge is 0.480 e. The summed E-state index contributed by atoms with van der Waals surface area (Å²) in [4.78, 5) is 35.5. The molecule has 24 heavy (non-hydrogen) atoms. The normalized spacial score (nSPS) is 16.1. The Bertz CT molecular complexity index is 661. The van der Waals surface area contributed by atoms with Crippen molar-refractivity contribution in [3.05, 3.63) is 33.8 Å². The summed E-state index contributed by atoms with van der Waals surface area (Å²) in [6.07, 6.45) is 2.38. The molecule has 0 aliphatic heterocycles. The second kappa shape index (κ2) is 7.85. The summed E-state index contributed by atoms with van der Waals surface area (Å²) >= 11 is 11.8. The first-order chi connectivity index (χ1) is 11.3. The van der Waals surface area contributed by atoms with Crippen molar-refractivity contribution in [2.75, 3.05) is 0 Å². The van der Waals surface area contributed by atoms with Gasteiger partial charge in [-0.3, -0.25) is 9.59 Å². The summed E-state index contributed by atoms with van der Waals surface area (Å²) in [7, 11) is 0. The monoisotopic (exact) mass is 372 g/mol. The summed E-state index contributed by atoms with van der Waals surface area (Å²) in [5.74, 6) is -1.85. The molecule has 1 aromatic rings. The Hall–Kier alpha value is -1.79. The summed E-state index contributed by atoms with van der Waals surface area (Å²) in [5, 5.41) is 14.5. The van der Waals surface area contributed by atoms with Crippen LogP contribution in [0, 0.1) is 5.92 Å². The molecule has 1 aromatic carbocycles. The Morgan fingerprint density at radius 3 is 2.50 bits per heavy atom. The van der Waals surface area contributed by atoms with Crippen LogP contribution in [0.3, 0.4) is 0 Å². The van der Waals surface area contributed by atoms with E-state index in [0.717, 1.165) is 12.8 Å². The molecule has 6 nitrogen and oxygen atoms in total. The van der Waals surface area contributed by atoms with Crippen molar-refractivity contribution >= 4 is 41.0 Å². The Kier molecular flexibility index (Phi) is 6.07. The van der Waals surface area contributed by atoms with Crippen LogP contribution in [0.15, 0.2) is 18.2 Å².